The highest BCUT2D eigenvalue weighted by Gasteiger charge is 2.23. The fourth-order valence-electron chi connectivity index (χ4n) is 5.12. The molecule has 1 aliphatic heterocycles. The monoisotopic (exact) mass is 492 g/mol. The molecule has 3 heterocycles. The summed E-state index contributed by atoms with van der Waals surface area (Å²) >= 11 is 6.19. The summed E-state index contributed by atoms with van der Waals surface area (Å²) in [5.74, 6) is 0.0590. The Labute approximate surface area is 209 Å². The first-order valence-corrected chi connectivity index (χ1v) is 12.3. The van der Waals surface area contributed by atoms with E-state index in [1.165, 1.54) is 5.56 Å². The number of aryl methyl sites for hydroxylation is 4. The zero-order valence-electron chi connectivity index (χ0n) is 20.5. The van der Waals surface area contributed by atoms with Crippen LogP contribution in [0.25, 0.3) is 21.9 Å². The van der Waals surface area contributed by atoms with Crippen LogP contribution in [0.5, 0.6) is 0 Å². The van der Waals surface area contributed by atoms with Gasteiger partial charge in [0.1, 0.15) is 11.2 Å². The maximum Gasteiger partial charge on any atom is 0.339 e. The summed E-state index contributed by atoms with van der Waals surface area (Å²) < 4.78 is 11.4. The number of carbonyl (C=O) groups excluding carboxylic acids is 1. The predicted molar refractivity (Wildman–Crippen MR) is 140 cm³/mol. The second-order valence-corrected chi connectivity index (χ2v) is 9.90. The number of furan rings is 1. The van der Waals surface area contributed by atoms with Crippen LogP contribution in [0.1, 0.15) is 34.2 Å². The van der Waals surface area contributed by atoms with Crippen molar-refractivity contribution in [3.8, 4) is 0 Å². The molecule has 0 spiro atoms. The number of rotatable bonds is 4. The molecule has 2 aromatic carbocycles. The zero-order chi connectivity index (χ0) is 24.9. The van der Waals surface area contributed by atoms with Crippen LogP contribution in [-0.4, -0.2) is 37.0 Å². The third-order valence-corrected chi connectivity index (χ3v) is 7.50. The average molecular weight is 493 g/mol. The lowest BCUT2D eigenvalue weighted by Crippen LogP contribution is -2.49. The molecule has 7 heteroatoms. The maximum absolute atomic E-state index is 13.0. The highest BCUT2D eigenvalue weighted by atomic mass is 35.5. The highest BCUT2D eigenvalue weighted by Crippen LogP contribution is 2.33. The van der Waals surface area contributed by atoms with Crippen molar-refractivity contribution in [2.75, 3.05) is 31.1 Å². The molecule has 0 N–H and O–H groups in total. The minimum atomic E-state index is -0.380. The van der Waals surface area contributed by atoms with Crippen molar-refractivity contribution in [1.82, 2.24) is 4.90 Å². The minimum absolute atomic E-state index is 0.0590. The van der Waals surface area contributed by atoms with Gasteiger partial charge in [-0.1, -0.05) is 17.7 Å². The molecule has 1 aliphatic rings. The Balaban J connectivity index is 1.31. The van der Waals surface area contributed by atoms with E-state index in [9.17, 15) is 9.59 Å². The minimum Gasteiger partial charge on any atom is -0.464 e. The molecule has 6 nitrogen and oxygen atoms in total. The van der Waals surface area contributed by atoms with Gasteiger partial charge in [-0.05, 0) is 69.0 Å². The van der Waals surface area contributed by atoms with Gasteiger partial charge in [-0.3, -0.25) is 4.79 Å². The van der Waals surface area contributed by atoms with Gasteiger partial charge in [-0.2, -0.15) is 0 Å². The van der Waals surface area contributed by atoms with Crippen LogP contribution < -0.4 is 10.5 Å². The van der Waals surface area contributed by atoms with Crippen molar-refractivity contribution in [2.45, 2.75) is 40.5 Å². The van der Waals surface area contributed by atoms with Gasteiger partial charge >= 0.3 is 5.63 Å². The number of nitrogens with zero attached hydrogens (tertiary/aromatic N) is 2. The molecular formula is C28H29ClN2O4. The molecule has 1 saturated heterocycles. The van der Waals surface area contributed by atoms with Crippen molar-refractivity contribution in [3.05, 3.63) is 73.8 Å². The van der Waals surface area contributed by atoms with Crippen LogP contribution in [0.4, 0.5) is 5.69 Å². The summed E-state index contributed by atoms with van der Waals surface area (Å²) in [7, 11) is 0. The molecule has 0 bridgehead atoms. The molecule has 0 saturated carbocycles. The second-order valence-electron chi connectivity index (χ2n) is 9.47. The van der Waals surface area contributed by atoms with Crippen molar-refractivity contribution >= 4 is 45.1 Å². The predicted octanol–water partition coefficient (Wildman–Crippen LogP) is 5.71. The second kappa shape index (κ2) is 9.08. The van der Waals surface area contributed by atoms with Crippen LogP contribution in [0.2, 0.25) is 5.02 Å². The molecular weight excluding hydrogens is 464 g/mol. The smallest absolute Gasteiger partial charge is 0.339 e. The van der Waals surface area contributed by atoms with Gasteiger partial charge in [0.05, 0.1) is 6.26 Å². The lowest BCUT2D eigenvalue weighted by molar-refractivity contribution is -0.131. The first kappa shape index (κ1) is 23.5. The van der Waals surface area contributed by atoms with Gasteiger partial charge < -0.3 is 18.6 Å². The zero-order valence-corrected chi connectivity index (χ0v) is 21.3. The van der Waals surface area contributed by atoms with Gasteiger partial charge in [0.2, 0.25) is 5.91 Å². The average Bonchev–Trinajstić information content (AvgIpc) is 3.22. The van der Waals surface area contributed by atoms with E-state index in [4.69, 9.17) is 20.4 Å². The summed E-state index contributed by atoms with van der Waals surface area (Å²) in [6.45, 7) is 10.7. The number of fused-ring (bicyclic) bond motifs is 2. The maximum atomic E-state index is 13.0. The third kappa shape index (κ3) is 4.20. The Morgan fingerprint density at radius 2 is 1.69 bits per heavy atom. The fraction of sp³-hybridized carbons (Fsp3) is 0.357. The van der Waals surface area contributed by atoms with Gasteiger partial charge in [-0.25, -0.2) is 4.79 Å². The van der Waals surface area contributed by atoms with Crippen LogP contribution in [0, 0.1) is 27.7 Å². The molecule has 2 aromatic heterocycles. The first-order valence-electron chi connectivity index (χ1n) is 12.0. The van der Waals surface area contributed by atoms with E-state index in [2.05, 4.69) is 11.8 Å². The highest BCUT2D eigenvalue weighted by molar-refractivity contribution is 6.30. The Kier molecular flexibility index (Phi) is 6.09. The van der Waals surface area contributed by atoms with E-state index in [0.29, 0.717) is 35.7 Å². The standard InChI is InChI=1S/C28H29ClN2O4/c1-16-5-6-20(29)13-24(16)30-9-11-31(12-10-30)25(32)8-7-21-18(3)23-14-22-17(2)15-34-26(22)19(4)27(23)35-28(21)33/h5-6,13-15H,7-12H2,1-4H3. The number of amides is 1. The number of halogens is 1. The van der Waals surface area contributed by atoms with E-state index < -0.39 is 0 Å². The molecule has 0 aliphatic carbocycles. The third-order valence-electron chi connectivity index (χ3n) is 7.27. The molecule has 1 amide bonds. The van der Waals surface area contributed by atoms with Gasteiger partial charge in [0, 0.05) is 65.2 Å². The van der Waals surface area contributed by atoms with Crippen molar-refractivity contribution < 1.29 is 13.6 Å². The number of hydrogen-bond acceptors (Lipinski definition) is 5. The SMILES string of the molecule is Cc1ccc(Cl)cc1N1CCN(C(=O)CCc2c(C)c3cc4c(C)coc4c(C)c3oc2=O)CC1. The number of benzene rings is 2. The number of anilines is 1. The van der Waals surface area contributed by atoms with Crippen molar-refractivity contribution in [1.29, 1.82) is 0 Å². The molecule has 4 aromatic rings. The largest absolute Gasteiger partial charge is 0.464 e. The van der Waals surface area contributed by atoms with E-state index in [-0.39, 0.29) is 18.0 Å². The molecule has 1 fully saturated rings. The molecule has 0 radical (unpaired) electrons. The summed E-state index contributed by atoms with van der Waals surface area (Å²) in [6, 6.07) is 7.92. The summed E-state index contributed by atoms with van der Waals surface area (Å²) in [6.07, 6.45) is 2.36. The normalized spacial score (nSPS) is 14.3. The van der Waals surface area contributed by atoms with Crippen molar-refractivity contribution in [2.24, 2.45) is 0 Å². The van der Waals surface area contributed by atoms with Crippen molar-refractivity contribution in [3.63, 3.8) is 0 Å². The van der Waals surface area contributed by atoms with E-state index in [1.807, 2.05) is 49.9 Å². The molecule has 0 unspecified atom stereocenters. The van der Waals surface area contributed by atoms with Gasteiger partial charge in [0.25, 0.3) is 0 Å². The van der Waals surface area contributed by atoms with Gasteiger partial charge in [0.15, 0.2) is 0 Å². The number of hydrogen-bond donors (Lipinski definition) is 0. The number of carbonyl (C=O) groups is 1. The van der Waals surface area contributed by atoms with E-state index in [0.717, 1.165) is 51.8 Å². The quantitative estimate of drug-likeness (QED) is 0.341. The number of piperazine rings is 1. The first-order chi connectivity index (χ1) is 16.7. The van der Waals surface area contributed by atoms with Crippen LogP contribution in [0.3, 0.4) is 0 Å². The van der Waals surface area contributed by atoms with E-state index in [1.54, 1.807) is 6.26 Å². The molecule has 0 atom stereocenters. The van der Waals surface area contributed by atoms with Crippen LogP contribution in [0.15, 0.2) is 44.2 Å². The molecule has 182 valence electrons. The summed E-state index contributed by atoms with van der Waals surface area (Å²) in [4.78, 5) is 30.0. The lowest BCUT2D eigenvalue weighted by Gasteiger charge is -2.37. The van der Waals surface area contributed by atoms with Crippen LogP contribution in [-0.2, 0) is 11.2 Å². The van der Waals surface area contributed by atoms with E-state index >= 15 is 0 Å². The Morgan fingerprint density at radius 1 is 0.943 bits per heavy atom. The van der Waals surface area contributed by atoms with Crippen LogP contribution >= 0.6 is 11.6 Å². The van der Waals surface area contributed by atoms with Gasteiger partial charge in [-0.15, -0.1) is 0 Å². The summed E-state index contributed by atoms with van der Waals surface area (Å²) in [5, 5.41) is 2.63. The lowest BCUT2D eigenvalue weighted by atomic mass is 9.98. The fourth-order valence-corrected chi connectivity index (χ4v) is 5.28. The summed E-state index contributed by atoms with van der Waals surface area (Å²) in [5.41, 5.74) is 6.51. The molecule has 35 heavy (non-hydrogen) atoms. The topological polar surface area (TPSA) is 66.9 Å². The Morgan fingerprint density at radius 3 is 2.43 bits per heavy atom. The Bertz CT molecular complexity index is 1510. The molecule has 5 rings (SSSR count). The Hall–Kier alpha value is -3.25.